The van der Waals surface area contributed by atoms with E-state index in [1.54, 1.807) is 0 Å². The van der Waals surface area contributed by atoms with E-state index in [-0.39, 0.29) is 24.2 Å². The topological polar surface area (TPSA) is 97.1 Å². The summed E-state index contributed by atoms with van der Waals surface area (Å²) in [6.07, 6.45) is 4.50. The Labute approximate surface area is 152 Å². The monoisotopic (exact) mass is 356 g/mol. The minimum atomic E-state index is -1.16. The van der Waals surface area contributed by atoms with Gasteiger partial charge >= 0.3 is 5.97 Å². The van der Waals surface area contributed by atoms with E-state index in [0.717, 1.165) is 24.8 Å². The molecule has 1 aromatic heterocycles. The van der Waals surface area contributed by atoms with Crippen LogP contribution in [0.1, 0.15) is 54.3 Å². The molecular formula is C19H24N4O3. The van der Waals surface area contributed by atoms with Crippen molar-refractivity contribution in [2.75, 3.05) is 0 Å². The number of carbonyl (C=O) groups excluding carboxylic acids is 1. The maximum Gasteiger partial charge on any atom is 0.358 e. The molecule has 1 amide bonds. The molecule has 2 N–H and O–H groups in total. The van der Waals surface area contributed by atoms with Crippen LogP contribution in [0.3, 0.4) is 0 Å². The summed E-state index contributed by atoms with van der Waals surface area (Å²) in [6, 6.07) is 8.44. The van der Waals surface area contributed by atoms with Gasteiger partial charge in [-0.25, -0.2) is 9.48 Å². The molecule has 0 aliphatic heterocycles. The normalized spacial score (nSPS) is 15.0. The van der Waals surface area contributed by atoms with Gasteiger partial charge in [0, 0.05) is 0 Å². The maximum atomic E-state index is 12.4. The Morgan fingerprint density at radius 1 is 1.27 bits per heavy atom. The van der Waals surface area contributed by atoms with Crippen molar-refractivity contribution in [1.29, 1.82) is 0 Å². The van der Waals surface area contributed by atoms with Gasteiger partial charge in [-0.1, -0.05) is 43.3 Å². The van der Waals surface area contributed by atoms with Gasteiger partial charge in [-0.2, -0.15) is 0 Å². The Morgan fingerprint density at radius 3 is 2.50 bits per heavy atom. The number of carboxylic acids is 1. The maximum absolute atomic E-state index is 12.4. The highest BCUT2D eigenvalue weighted by molar-refractivity contribution is 5.84. The molecule has 1 heterocycles. The molecule has 1 fully saturated rings. The predicted octanol–water partition coefficient (Wildman–Crippen LogP) is 2.44. The summed E-state index contributed by atoms with van der Waals surface area (Å²) in [7, 11) is 0. The van der Waals surface area contributed by atoms with Gasteiger partial charge in [-0.05, 0) is 42.2 Å². The first-order chi connectivity index (χ1) is 12.4. The summed E-state index contributed by atoms with van der Waals surface area (Å²) in [4.78, 5) is 23.2. The standard InChI is InChI=1S/C19H24N4O3/c1-12(2)9-13-3-5-14(6-4-13)18(15-7-8-15)20-17(24)11-23-10-16(19(25)26)21-22-23/h3-6,10,12,15,18H,7-9,11H2,1-2H3,(H,20,24)(H,25,26). The van der Waals surface area contributed by atoms with Crippen molar-refractivity contribution in [2.24, 2.45) is 11.8 Å². The van der Waals surface area contributed by atoms with Crippen LogP contribution >= 0.6 is 0 Å². The third-order valence-electron chi connectivity index (χ3n) is 4.46. The lowest BCUT2D eigenvalue weighted by Crippen LogP contribution is -2.32. The average Bonchev–Trinajstić information content (AvgIpc) is 3.31. The van der Waals surface area contributed by atoms with Crippen LogP contribution in [-0.4, -0.2) is 32.0 Å². The van der Waals surface area contributed by atoms with Crippen LogP contribution in [-0.2, 0) is 17.8 Å². The Morgan fingerprint density at radius 2 is 1.96 bits per heavy atom. The number of rotatable bonds is 8. The summed E-state index contributed by atoms with van der Waals surface area (Å²) >= 11 is 0. The van der Waals surface area contributed by atoms with Crippen molar-refractivity contribution < 1.29 is 14.7 Å². The third kappa shape index (κ3) is 4.68. The summed E-state index contributed by atoms with van der Waals surface area (Å²) < 4.78 is 1.24. The number of aromatic nitrogens is 3. The van der Waals surface area contributed by atoms with E-state index in [0.29, 0.717) is 11.8 Å². The second-order valence-corrected chi connectivity index (χ2v) is 7.33. The molecule has 138 valence electrons. The Kier molecular flexibility index (Phi) is 5.35. The van der Waals surface area contributed by atoms with Crippen molar-refractivity contribution >= 4 is 11.9 Å². The fourth-order valence-corrected chi connectivity index (χ4v) is 3.08. The molecule has 1 aliphatic rings. The van der Waals surface area contributed by atoms with Crippen LogP contribution < -0.4 is 5.32 Å². The van der Waals surface area contributed by atoms with Gasteiger partial charge in [-0.15, -0.1) is 5.10 Å². The second-order valence-electron chi connectivity index (χ2n) is 7.33. The van der Waals surface area contributed by atoms with E-state index in [4.69, 9.17) is 5.11 Å². The fourth-order valence-electron chi connectivity index (χ4n) is 3.08. The third-order valence-corrected chi connectivity index (χ3v) is 4.46. The van der Waals surface area contributed by atoms with Crippen LogP contribution in [0.4, 0.5) is 0 Å². The van der Waals surface area contributed by atoms with E-state index in [2.05, 4.69) is 53.7 Å². The highest BCUT2D eigenvalue weighted by atomic mass is 16.4. The zero-order valence-corrected chi connectivity index (χ0v) is 15.1. The van der Waals surface area contributed by atoms with Gasteiger partial charge in [0.15, 0.2) is 5.69 Å². The van der Waals surface area contributed by atoms with Gasteiger partial charge < -0.3 is 10.4 Å². The molecule has 0 bridgehead atoms. The Bertz CT molecular complexity index is 778. The zero-order valence-electron chi connectivity index (χ0n) is 15.1. The number of nitrogens with zero attached hydrogens (tertiary/aromatic N) is 3. The van der Waals surface area contributed by atoms with Gasteiger partial charge in [0.1, 0.15) is 6.54 Å². The van der Waals surface area contributed by atoms with Crippen LogP contribution in [0.2, 0.25) is 0 Å². The molecule has 1 atom stereocenters. The summed E-state index contributed by atoms with van der Waals surface area (Å²) in [5.74, 6) is -0.289. The van der Waals surface area contributed by atoms with E-state index in [1.165, 1.54) is 16.4 Å². The fraction of sp³-hybridized carbons (Fsp3) is 0.474. The average molecular weight is 356 g/mol. The quantitative estimate of drug-likeness (QED) is 0.757. The number of carboxylic acid groups (broad SMARTS) is 1. The summed E-state index contributed by atoms with van der Waals surface area (Å²) in [5, 5.41) is 19.1. The molecule has 1 aromatic carbocycles. The van der Waals surface area contributed by atoms with Crippen LogP contribution in [0, 0.1) is 11.8 Å². The SMILES string of the molecule is CC(C)Cc1ccc(C(NC(=O)Cn2cc(C(=O)O)nn2)C2CC2)cc1. The van der Waals surface area contributed by atoms with Crippen molar-refractivity contribution in [2.45, 2.75) is 45.7 Å². The molecule has 1 unspecified atom stereocenters. The molecule has 7 nitrogen and oxygen atoms in total. The van der Waals surface area contributed by atoms with Gasteiger partial charge in [-0.3, -0.25) is 4.79 Å². The molecule has 3 rings (SSSR count). The lowest BCUT2D eigenvalue weighted by molar-refractivity contribution is -0.122. The summed E-state index contributed by atoms with van der Waals surface area (Å²) in [5.41, 5.74) is 2.24. The lowest BCUT2D eigenvalue weighted by Gasteiger charge is -2.19. The van der Waals surface area contributed by atoms with Crippen molar-refractivity contribution in [3.8, 4) is 0 Å². The highest BCUT2D eigenvalue weighted by Crippen LogP contribution is 2.41. The van der Waals surface area contributed by atoms with E-state index >= 15 is 0 Å². The number of aromatic carboxylic acids is 1. The minimum Gasteiger partial charge on any atom is -0.476 e. The molecule has 0 saturated heterocycles. The van der Waals surface area contributed by atoms with Crippen molar-refractivity contribution in [3.05, 3.63) is 47.3 Å². The van der Waals surface area contributed by atoms with Crippen LogP contribution in [0.5, 0.6) is 0 Å². The number of carbonyl (C=O) groups is 2. The van der Waals surface area contributed by atoms with E-state index in [9.17, 15) is 9.59 Å². The number of hydrogen-bond donors (Lipinski definition) is 2. The minimum absolute atomic E-state index is 0.0157. The first-order valence-electron chi connectivity index (χ1n) is 8.94. The summed E-state index contributed by atoms with van der Waals surface area (Å²) in [6.45, 7) is 4.34. The number of hydrogen-bond acceptors (Lipinski definition) is 4. The largest absolute Gasteiger partial charge is 0.476 e. The number of amides is 1. The van der Waals surface area contributed by atoms with Gasteiger partial charge in [0.2, 0.25) is 5.91 Å². The molecule has 26 heavy (non-hydrogen) atoms. The molecule has 1 aliphatic carbocycles. The van der Waals surface area contributed by atoms with E-state index < -0.39 is 5.97 Å². The molecule has 0 radical (unpaired) electrons. The molecule has 7 heteroatoms. The number of benzene rings is 1. The van der Waals surface area contributed by atoms with Crippen LogP contribution in [0.15, 0.2) is 30.5 Å². The first-order valence-corrected chi connectivity index (χ1v) is 8.94. The van der Waals surface area contributed by atoms with E-state index in [1.807, 2.05) is 0 Å². The second kappa shape index (κ2) is 7.68. The molecule has 1 saturated carbocycles. The Balaban J connectivity index is 1.64. The Hall–Kier alpha value is -2.70. The molecular weight excluding hydrogens is 332 g/mol. The lowest BCUT2D eigenvalue weighted by atomic mass is 9.97. The van der Waals surface area contributed by atoms with Gasteiger partial charge in [0.05, 0.1) is 12.2 Å². The zero-order chi connectivity index (χ0) is 18.7. The smallest absolute Gasteiger partial charge is 0.358 e. The van der Waals surface area contributed by atoms with Crippen LogP contribution in [0.25, 0.3) is 0 Å². The first kappa shape index (κ1) is 18.1. The molecule has 0 spiro atoms. The predicted molar refractivity (Wildman–Crippen MR) is 95.6 cm³/mol. The molecule has 2 aromatic rings. The van der Waals surface area contributed by atoms with Crippen molar-refractivity contribution in [1.82, 2.24) is 20.3 Å². The highest BCUT2D eigenvalue weighted by Gasteiger charge is 2.33. The van der Waals surface area contributed by atoms with Crippen molar-refractivity contribution in [3.63, 3.8) is 0 Å². The van der Waals surface area contributed by atoms with Gasteiger partial charge in [0.25, 0.3) is 0 Å². The number of nitrogens with one attached hydrogen (secondary N) is 1.